The minimum Gasteiger partial charge on any atom is -1.00 e. The van der Waals surface area contributed by atoms with Gasteiger partial charge in [-0.1, -0.05) is 30.3 Å². The van der Waals surface area contributed by atoms with Crippen LogP contribution in [-0.4, -0.2) is 24.3 Å². The summed E-state index contributed by atoms with van der Waals surface area (Å²) in [6, 6.07) is 14.9. The van der Waals surface area contributed by atoms with E-state index in [1.54, 1.807) is 0 Å². The second-order valence-corrected chi connectivity index (χ2v) is 5.48. The molecule has 20 heavy (non-hydrogen) atoms. The van der Waals surface area contributed by atoms with E-state index in [0.717, 1.165) is 30.0 Å². The Morgan fingerprint density at radius 1 is 0.950 bits per heavy atom. The van der Waals surface area contributed by atoms with Crippen LogP contribution in [0, 0.1) is 0 Å². The number of hydroxylamine groups is 3. The van der Waals surface area contributed by atoms with Crippen molar-refractivity contribution in [1.82, 2.24) is 0 Å². The third-order valence-corrected chi connectivity index (χ3v) is 4.23. The molecular formula is C17H22BrNO. The Morgan fingerprint density at radius 2 is 1.65 bits per heavy atom. The minimum atomic E-state index is 0. The van der Waals surface area contributed by atoms with Gasteiger partial charge in [-0.2, -0.15) is 0 Å². The van der Waals surface area contributed by atoms with Gasteiger partial charge in [0.15, 0.2) is 5.75 Å². The molecule has 1 fully saturated rings. The van der Waals surface area contributed by atoms with Gasteiger partial charge in [0.2, 0.25) is 0 Å². The lowest BCUT2D eigenvalue weighted by atomic mass is 10.1. The van der Waals surface area contributed by atoms with Crippen LogP contribution in [-0.2, 0) is 0 Å². The summed E-state index contributed by atoms with van der Waals surface area (Å²) in [4.78, 5) is 6.34. The van der Waals surface area contributed by atoms with Gasteiger partial charge in [-0.25, -0.2) is 0 Å². The normalized spacial score (nSPS) is 17.4. The number of rotatable bonds is 3. The number of piperidine rings is 1. The molecular weight excluding hydrogens is 314 g/mol. The maximum absolute atomic E-state index is 6.34. The Labute approximate surface area is 131 Å². The molecule has 2 aromatic carbocycles. The second kappa shape index (κ2) is 6.59. The van der Waals surface area contributed by atoms with E-state index >= 15 is 0 Å². The Morgan fingerprint density at radius 3 is 2.35 bits per heavy atom. The molecule has 0 atom stereocenters. The lowest BCUT2D eigenvalue weighted by Gasteiger charge is -2.37. The molecule has 3 heteroatoms. The summed E-state index contributed by atoms with van der Waals surface area (Å²) in [6.45, 7) is 5.56. The molecule has 1 aliphatic heterocycles. The molecule has 0 bridgehead atoms. The molecule has 0 saturated carbocycles. The van der Waals surface area contributed by atoms with Crippen LogP contribution in [0.4, 0.5) is 0 Å². The predicted octanol–water partition coefficient (Wildman–Crippen LogP) is 1.16. The van der Waals surface area contributed by atoms with Gasteiger partial charge in [0.05, 0.1) is 0 Å². The zero-order valence-corrected chi connectivity index (χ0v) is 13.6. The van der Waals surface area contributed by atoms with E-state index in [0.29, 0.717) is 0 Å². The molecule has 2 nitrogen and oxygen atoms in total. The van der Waals surface area contributed by atoms with Crippen molar-refractivity contribution in [3.05, 3.63) is 42.5 Å². The first kappa shape index (κ1) is 15.3. The quantitative estimate of drug-likeness (QED) is 0.765. The number of benzene rings is 2. The zero-order chi connectivity index (χ0) is 13.1. The second-order valence-electron chi connectivity index (χ2n) is 5.48. The molecule has 0 aliphatic carbocycles. The van der Waals surface area contributed by atoms with Crippen LogP contribution in [0.2, 0.25) is 0 Å². The summed E-state index contributed by atoms with van der Waals surface area (Å²) in [5, 5.41) is 2.53. The highest BCUT2D eigenvalue weighted by molar-refractivity contribution is 5.83. The Hall–Kier alpha value is -1.06. The molecule has 1 saturated heterocycles. The van der Waals surface area contributed by atoms with E-state index in [2.05, 4.69) is 49.4 Å². The van der Waals surface area contributed by atoms with Gasteiger partial charge in [-0.05, 0) is 36.2 Å². The minimum absolute atomic E-state index is 0. The summed E-state index contributed by atoms with van der Waals surface area (Å²) in [5.41, 5.74) is 0. The van der Waals surface area contributed by atoms with E-state index in [-0.39, 0.29) is 17.0 Å². The molecule has 0 radical (unpaired) electrons. The number of quaternary nitrogens is 1. The summed E-state index contributed by atoms with van der Waals surface area (Å²) < 4.78 is 0.790. The van der Waals surface area contributed by atoms with Gasteiger partial charge in [-0.15, -0.1) is 4.65 Å². The lowest BCUT2D eigenvalue weighted by Crippen LogP contribution is -3.00. The average molecular weight is 336 g/mol. The van der Waals surface area contributed by atoms with Crippen molar-refractivity contribution in [3.63, 3.8) is 0 Å². The summed E-state index contributed by atoms with van der Waals surface area (Å²) in [5.74, 6) is 1.00. The van der Waals surface area contributed by atoms with Crippen LogP contribution >= 0.6 is 0 Å². The van der Waals surface area contributed by atoms with Crippen LogP contribution in [0.1, 0.15) is 26.2 Å². The van der Waals surface area contributed by atoms with Crippen molar-refractivity contribution in [2.45, 2.75) is 26.2 Å². The van der Waals surface area contributed by atoms with E-state index < -0.39 is 0 Å². The van der Waals surface area contributed by atoms with Crippen LogP contribution in [0.15, 0.2) is 42.5 Å². The van der Waals surface area contributed by atoms with Crippen LogP contribution in [0.3, 0.4) is 0 Å². The van der Waals surface area contributed by atoms with E-state index in [1.807, 2.05) is 0 Å². The smallest absolute Gasteiger partial charge is 0.190 e. The first-order valence-electron chi connectivity index (χ1n) is 7.36. The fraction of sp³-hybridized carbons (Fsp3) is 0.412. The molecule has 2 aromatic rings. The van der Waals surface area contributed by atoms with Gasteiger partial charge >= 0.3 is 0 Å². The molecule has 108 valence electrons. The third-order valence-electron chi connectivity index (χ3n) is 4.23. The molecule has 3 rings (SSSR count). The summed E-state index contributed by atoms with van der Waals surface area (Å²) in [7, 11) is 0. The van der Waals surface area contributed by atoms with Gasteiger partial charge in [0.1, 0.15) is 19.6 Å². The molecule has 0 spiro atoms. The average Bonchev–Trinajstić information content (AvgIpc) is 2.48. The summed E-state index contributed by atoms with van der Waals surface area (Å²) in [6.07, 6.45) is 3.91. The van der Waals surface area contributed by atoms with Gasteiger partial charge in [0, 0.05) is 12.8 Å². The fourth-order valence-electron chi connectivity index (χ4n) is 3.01. The van der Waals surface area contributed by atoms with Crippen molar-refractivity contribution in [2.75, 3.05) is 19.6 Å². The molecule has 0 N–H and O–H groups in total. The number of likely N-dealkylation sites (tertiary alicyclic amines) is 1. The highest BCUT2D eigenvalue weighted by Crippen LogP contribution is 2.26. The molecule has 1 aliphatic rings. The van der Waals surface area contributed by atoms with E-state index in [1.165, 1.54) is 30.0 Å². The third kappa shape index (κ3) is 3.15. The Balaban J connectivity index is 0.00000147. The molecule has 0 aromatic heterocycles. The van der Waals surface area contributed by atoms with Crippen molar-refractivity contribution >= 4 is 10.8 Å². The molecule has 1 heterocycles. The monoisotopic (exact) mass is 335 g/mol. The maximum atomic E-state index is 6.34. The fourth-order valence-corrected chi connectivity index (χ4v) is 3.01. The topological polar surface area (TPSA) is 9.23 Å². The highest BCUT2D eigenvalue weighted by Gasteiger charge is 2.31. The Bertz CT molecular complexity index is 564. The molecule has 0 amide bonds. The van der Waals surface area contributed by atoms with Crippen molar-refractivity contribution in [3.8, 4) is 5.75 Å². The summed E-state index contributed by atoms with van der Waals surface area (Å²) >= 11 is 0. The number of hydrogen-bond donors (Lipinski definition) is 0. The largest absolute Gasteiger partial charge is 1.00 e. The zero-order valence-electron chi connectivity index (χ0n) is 12.0. The van der Waals surface area contributed by atoms with Gasteiger partial charge < -0.3 is 21.8 Å². The highest BCUT2D eigenvalue weighted by atomic mass is 79.9. The van der Waals surface area contributed by atoms with Crippen LogP contribution < -0.4 is 21.8 Å². The van der Waals surface area contributed by atoms with Crippen molar-refractivity contribution < 1.29 is 26.5 Å². The predicted molar refractivity (Wildman–Crippen MR) is 79.0 cm³/mol. The van der Waals surface area contributed by atoms with Crippen molar-refractivity contribution in [1.29, 1.82) is 0 Å². The van der Waals surface area contributed by atoms with Gasteiger partial charge in [-0.3, -0.25) is 0 Å². The number of nitrogens with zero attached hydrogens (tertiary/aromatic N) is 1. The number of hydrogen-bond acceptors (Lipinski definition) is 1. The lowest BCUT2D eigenvalue weighted by molar-refractivity contribution is -1.08. The van der Waals surface area contributed by atoms with Crippen molar-refractivity contribution in [2.24, 2.45) is 0 Å². The first-order chi connectivity index (χ1) is 9.31. The van der Waals surface area contributed by atoms with Gasteiger partial charge in [0.25, 0.3) is 0 Å². The standard InChI is InChI=1S/C17H22NO.BrH/c1-2-18(12-6-3-7-13-18)19-17-11-10-15-8-4-5-9-16(15)14-17;/h4-5,8-11,14H,2-3,6-7,12-13H2,1H3;1H/q+1;/p-1. The van der Waals surface area contributed by atoms with E-state index in [9.17, 15) is 0 Å². The first-order valence-corrected chi connectivity index (χ1v) is 7.36. The van der Waals surface area contributed by atoms with Crippen LogP contribution in [0.25, 0.3) is 10.8 Å². The molecule has 0 unspecified atom stereocenters. The SMILES string of the molecule is CC[N+]1(Oc2ccc3ccccc3c2)CCCCC1.[Br-]. The Kier molecular flexibility index (Phi) is 5.06. The van der Waals surface area contributed by atoms with Crippen LogP contribution in [0.5, 0.6) is 5.75 Å². The number of fused-ring (bicyclic) bond motifs is 1. The van der Waals surface area contributed by atoms with E-state index in [4.69, 9.17) is 4.84 Å². The maximum Gasteiger partial charge on any atom is 0.190 e. The number of halogens is 1.